The van der Waals surface area contributed by atoms with Gasteiger partial charge >= 0.3 is 5.97 Å². The SMILES string of the molecule is COC(=O)c1cccc(/C=N\NC(=O)c2c(C)nc3cc(C)ccn23)c1. The van der Waals surface area contributed by atoms with Gasteiger partial charge in [-0.05, 0) is 49.2 Å². The van der Waals surface area contributed by atoms with E-state index < -0.39 is 5.97 Å². The number of nitrogens with zero attached hydrogens (tertiary/aromatic N) is 3. The number of pyridine rings is 1. The Hall–Kier alpha value is -3.48. The lowest BCUT2D eigenvalue weighted by Gasteiger charge is -2.03. The van der Waals surface area contributed by atoms with Gasteiger partial charge in [-0.25, -0.2) is 15.2 Å². The summed E-state index contributed by atoms with van der Waals surface area (Å²) < 4.78 is 6.41. The van der Waals surface area contributed by atoms with E-state index in [0.717, 1.165) is 5.56 Å². The maximum Gasteiger partial charge on any atom is 0.337 e. The van der Waals surface area contributed by atoms with E-state index in [1.54, 1.807) is 35.6 Å². The highest BCUT2D eigenvalue weighted by Gasteiger charge is 2.16. The van der Waals surface area contributed by atoms with Crippen LogP contribution in [0.2, 0.25) is 0 Å². The van der Waals surface area contributed by atoms with Crippen molar-refractivity contribution >= 4 is 23.7 Å². The molecule has 0 atom stereocenters. The van der Waals surface area contributed by atoms with E-state index in [2.05, 4.69) is 20.2 Å². The summed E-state index contributed by atoms with van der Waals surface area (Å²) in [6.07, 6.45) is 3.27. The van der Waals surface area contributed by atoms with E-state index in [9.17, 15) is 9.59 Å². The number of aryl methyl sites for hydroxylation is 2. The van der Waals surface area contributed by atoms with E-state index in [0.29, 0.717) is 28.2 Å². The molecule has 132 valence electrons. The van der Waals surface area contributed by atoms with Gasteiger partial charge in [0.2, 0.25) is 0 Å². The van der Waals surface area contributed by atoms with E-state index >= 15 is 0 Å². The molecule has 0 fully saturated rings. The largest absolute Gasteiger partial charge is 0.465 e. The number of methoxy groups -OCH3 is 1. The van der Waals surface area contributed by atoms with Gasteiger partial charge in [0, 0.05) is 6.20 Å². The molecule has 0 bridgehead atoms. The molecule has 7 nitrogen and oxygen atoms in total. The maximum absolute atomic E-state index is 12.5. The third kappa shape index (κ3) is 3.46. The molecule has 26 heavy (non-hydrogen) atoms. The summed E-state index contributed by atoms with van der Waals surface area (Å²) >= 11 is 0. The van der Waals surface area contributed by atoms with Crippen LogP contribution in [-0.4, -0.2) is 34.6 Å². The number of carbonyl (C=O) groups excluding carboxylic acids is 2. The summed E-state index contributed by atoms with van der Waals surface area (Å²) in [5.41, 5.74) is 6.41. The molecule has 0 aliphatic rings. The second-order valence-electron chi connectivity index (χ2n) is 5.79. The first-order valence-corrected chi connectivity index (χ1v) is 7.96. The summed E-state index contributed by atoms with van der Waals surface area (Å²) in [6.45, 7) is 3.75. The Balaban J connectivity index is 1.78. The smallest absolute Gasteiger partial charge is 0.337 e. The molecule has 0 spiro atoms. The number of esters is 1. The highest BCUT2D eigenvalue weighted by atomic mass is 16.5. The lowest BCUT2D eigenvalue weighted by atomic mass is 10.1. The van der Waals surface area contributed by atoms with Crippen LogP contribution in [0.15, 0.2) is 47.7 Å². The van der Waals surface area contributed by atoms with Crippen LogP contribution in [0.1, 0.15) is 37.7 Å². The van der Waals surface area contributed by atoms with Gasteiger partial charge in [-0.2, -0.15) is 5.10 Å². The second kappa shape index (κ2) is 7.18. The molecule has 3 aromatic rings. The highest BCUT2D eigenvalue weighted by molar-refractivity contribution is 5.96. The lowest BCUT2D eigenvalue weighted by Crippen LogP contribution is -2.20. The average molecular weight is 350 g/mol. The number of hydrogen-bond donors (Lipinski definition) is 1. The van der Waals surface area contributed by atoms with Crippen LogP contribution in [0.5, 0.6) is 0 Å². The number of amides is 1. The molecule has 7 heteroatoms. The van der Waals surface area contributed by atoms with Gasteiger partial charge < -0.3 is 4.74 Å². The van der Waals surface area contributed by atoms with Crippen LogP contribution >= 0.6 is 0 Å². The number of rotatable bonds is 4. The zero-order valence-corrected chi connectivity index (χ0v) is 14.7. The number of carbonyl (C=O) groups is 2. The molecule has 3 rings (SSSR count). The van der Waals surface area contributed by atoms with Crippen LogP contribution in [0.4, 0.5) is 0 Å². The molecule has 0 unspecified atom stereocenters. The summed E-state index contributed by atoms with van der Waals surface area (Å²) in [6, 6.07) is 10.6. The van der Waals surface area contributed by atoms with Crippen molar-refractivity contribution in [1.29, 1.82) is 0 Å². The molecular formula is C19H18N4O3. The number of nitrogens with one attached hydrogen (secondary N) is 1. The van der Waals surface area contributed by atoms with E-state index in [4.69, 9.17) is 0 Å². The molecule has 2 heterocycles. The van der Waals surface area contributed by atoms with Gasteiger partial charge in [0.15, 0.2) is 0 Å². The fourth-order valence-corrected chi connectivity index (χ4v) is 2.62. The van der Waals surface area contributed by atoms with Gasteiger partial charge in [0.25, 0.3) is 5.91 Å². The first-order chi connectivity index (χ1) is 12.5. The molecule has 0 aliphatic heterocycles. The van der Waals surface area contributed by atoms with Crippen molar-refractivity contribution in [3.63, 3.8) is 0 Å². The first-order valence-electron chi connectivity index (χ1n) is 7.96. The van der Waals surface area contributed by atoms with E-state index in [-0.39, 0.29) is 5.91 Å². The van der Waals surface area contributed by atoms with Gasteiger partial charge in [0.05, 0.1) is 24.6 Å². The monoisotopic (exact) mass is 350 g/mol. The molecule has 0 saturated heterocycles. The molecule has 1 N–H and O–H groups in total. The Bertz CT molecular complexity index is 1020. The van der Waals surface area contributed by atoms with Crippen molar-refractivity contribution in [2.45, 2.75) is 13.8 Å². The van der Waals surface area contributed by atoms with Gasteiger partial charge in [-0.1, -0.05) is 12.1 Å². The molecule has 0 radical (unpaired) electrons. The van der Waals surface area contributed by atoms with Crippen LogP contribution in [0, 0.1) is 13.8 Å². The fourth-order valence-electron chi connectivity index (χ4n) is 2.62. The molecule has 2 aromatic heterocycles. The quantitative estimate of drug-likeness (QED) is 0.445. The lowest BCUT2D eigenvalue weighted by molar-refractivity contribution is 0.0600. The van der Waals surface area contributed by atoms with Gasteiger partial charge in [0.1, 0.15) is 11.3 Å². The Morgan fingerprint density at radius 2 is 2.04 bits per heavy atom. The number of fused-ring (bicyclic) bond motifs is 1. The number of aromatic nitrogens is 2. The van der Waals surface area contributed by atoms with Crippen LogP contribution in [-0.2, 0) is 4.74 Å². The van der Waals surface area contributed by atoms with Gasteiger partial charge in [-0.3, -0.25) is 9.20 Å². The Morgan fingerprint density at radius 1 is 1.23 bits per heavy atom. The Kier molecular flexibility index (Phi) is 4.79. The van der Waals surface area contributed by atoms with E-state index in [1.165, 1.54) is 13.3 Å². The van der Waals surface area contributed by atoms with Crippen LogP contribution in [0.25, 0.3) is 5.65 Å². The minimum Gasteiger partial charge on any atom is -0.465 e. The first kappa shape index (κ1) is 17.3. The normalized spacial score (nSPS) is 11.0. The second-order valence-corrected chi connectivity index (χ2v) is 5.79. The average Bonchev–Trinajstić information content (AvgIpc) is 2.96. The van der Waals surface area contributed by atoms with E-state index in [1.807, 2.05) is 25.3 Å². The summed E-state index contributed by atoms with van der Waals surface area (Å²) in [5, 5.41) is 3.97. The van der Waals surface area contributed by atoms with Crippen molar-refractivity contribution in [1.82, 2.24) is 14.8 Å². The summed E-state index contributed by atoms with van der Waals surface area (Å²) in [5.74, 6) is -0.792. The molecule has 1 amide bonds. The molecule has 0 saturated carbocycles. The zero-order valence-electron chi connectivity index (χ0n) is 14.7. The Labute approximate surface area is 150 Å². The fraction of sp³-hybridized carbons (Fsp3) is 0.158. The van der Waals surface area contributed by atoms with Crippen molar-refractivity contribution in [2.75, 3.05) is 7.11 Å². The molecule has 0 aliphatic carbocycles. The zero-order chi connectivity index (χ0) is 18.7. The number of hydrogen-bond acceptors (Lipinski definition) is 5. The standard InChI is InChI=1S/C19H18N4O3/c1-12-7-8-23-16(9-12)21-13(2)17(23)18(24)22-20-11-14-5-4-6-15(10-14)19(25)26-3/h4-11H,1-3H3,(H,22,24)/b20-11-. The minimum atomic E-state index is -0.430. The number of ether oxygens (including phenoxy) is 1. The maximum atomic E-state index is 12.5. The number of hydrazone groups is 1. The van der Waals surface area contributed by atoms with Crippen molar-refractivity contribution in [2.24, 2.45) is 5.10 Å². The Morgan fingerprint density at radius 3 is 2.81 bits per heavy atom. The molecular weight excluding hydrogens is 332 g/mol. The number of imidazole rings is 1. The predicted octanol–water partition coefficient (Wildman–Crippen LogP) is 2.50. The van der Waals surface area contributed by atoms with Crippen molar-refractivity contribution < 1.29 is 14.3 Å². The van der Waals surface area contributed by atoms with Crippen LogP contribution in [0.3, 0.4) is 0 Å². The third-order valence-corrected chi connectivity index (χ3v) is 3.86. The summed E-state index contributed by atoms with van der Waals surface area (Å²) in [7, 11) is 1.32. The summed E-state index contributed by atoms with van der Waals surface area (Å²) in [4.78, 5) is 28.4. The van der Waals surface area contributed by atoms with Crippen molar-refractivity contribution in [3.8, 4) is 0 Å². The van der Waals surface area contributed by atoms with Gasteiger partial charge in [-0.15, -0.1) is 0 Å². The van der Waals surface area contributed by atoms with Crippen LogP contribution < -0.4 is 5.43 Å². The van der Waals surface area contributed by atoms with Crippen molar-refractivity contribution in [3.05, 3.63) is 70.7 Å². The topological polar surface area (TPSA) is 85.1 Å². The molecule has 1 aromatic carbocycles. The highest BCUT2D eigenvalue weighted by Crippen LogP contribution is 2.13. The minimum absolute atomic E-state index is 0.362. The number of benzene rings is 1. The predicted molar refractivity (Wildman–Crippen MR) is 97.5 cm³/mol. The third-order valence-electron chi connectivity index (χ3n) is 3.86.